The van der Waals surface area contributed by atoms with E-state index in [1.807, 2.05) is 6.92 Å². The maximum Gasteiger partial charge on any atom is 0.334 e. The third kappa shape index (κ3) is 4.49. The number of nitrogens with one attached hydrogen (secondary N) is 2. The van der Waals surface area contributed by atoms with Crippen molar-refractivity contribution in [3.8, 4) is 11.3 Å². The number of benzene rings is 1. The van der Waals surface area contributed by atoms with E-state index in [0.717, 1.165) is 18.2 Å². The van der Waals surface area contributed by atoms with Gasteiger partial charge in [-0.3, -0.25) is 15.4 Å². The summed E-state index contributed by atoms with van der Waals surface area (Å²) in [5.41, 5.74) is 3.17. The fourth-order valence-corrected chi connectivity index (χ4v) is 2.13. The van der Waals surface area contributed by atoms with E-state index in [4.69, 9.17) is 5.11 Å². The molecule has 2 aromatic rings. The number of hydrogen-bond acceptors (Lipinski definition) is 4. The summed E-state index contributed by atoms with van der Waals surface area (Å²) >= 11 is 0. The van der Waals surface area contributed by atoms with E-state index < -0.39 is 17.7 Å². The van der Waals surface area contributed by atoms with Crippen molar-refractivity contribution >= 4 is 11.8 Å². The molecule has 0 aliphatic heterocycles. The Hall–Kier alpha value is -2.52. The van der Waals surface area contributed by atoms with Gasteiger partial charge in [-0.25, -0.2) is 18.6 Å². The minimum absolute atomic E-state index is 0.0882. The van der Waals surface area contributed by atoms with Gasteiger partial charge in [0.05, 0.1) is 12.3 Å². The minimum atomic E-state index is -0.703. The highest BCUT2D eigenvalue weighted by atomic mass is 19.1. The molecule has 0 saturated carbocycles. The zero-order valence-electron chi connectivity index (χ0n) is 13.4. The van der Waals surface area contributed by atoms with Gasteiger partial charge in [0.25, 0.3) is 0 Å². The van der Waals surface area contributed by atoms with E-state index in [1.54, 1.807) is 7.05 Å². The first-order chi connectivity index (χ1) is 11.4. The van der Waals surface area contributed by atoms with E-state index >= 15 is 0 Å². The summed E-state index contributed by atoms with van der Waals surface area (Å²) in [6.07, 6.45) is 0. The van der Waals surface area contributed by atoms with Gasteiger partial charge in [-0.1, -0.05) is 6.92 Å². The number of rotatable bonds is 6. The lowest BCUT2D eigenvalue weighted by molar-refractivity contribution is 0.157. The van der Waals surface area contributed by atoms with Crippen LogP contribution in [0.5, 0.6) is 0 Å². The van der Waals surface area contributed by atoms with Crippen molar-refractivity contribution in [2.45, 2.75) is 6.92 Å². The summed E-state index contributed by atoms with van der Waals surface area (Å²) in [6.45, 7) is 2.56. The number of carbonyl (C=O) groups excluding carboxylic acids is 1. The highest BCUT2D eigenvalue weighted by Crippen LogP contribution is 2.23. The lowest BCUT2D eigenvalue weighted by Gasteiger charge is -2.20. The van der Waals surface area contributed by atoms with Crippen molar-refractivity contribution in [1.29, 1.82) is 0 Å². The van der Waals surface area contributed by atoms with Gasteiger partial charge >= 0.3 is 6.03 Å². The Bertz CT molecular complexity index is 700. The number of aliphatic hydroxyl groups excluding tert-OH is 1. The van der Waals surface area contributed by atoms with Crippen LogP contribution in [0.3, 0.4) is 0 Å². The lowest BCUT2D eigenvalue weighted by Crippen LogP contribution is -2.45. The second-order valence-electron chi connectivity index (χ2n) is 5.07. The number of aliphatic hydroxyl groups is 1. The van der Waals surface area contributed by atoms with Crippen LogP contribution >= 0.6 is 0 Å². The second kappa shape index (κ2) is 7.84. The number of hydrazine groups is 1. The van der Waals surface area contributed by atoms with Crippen LogP contribution < -0.4 is 10.7 Å². The molecule has 130 valence electrons. The number of hydrogen-bond donors (Lipinski definition) is 3. The lowest BCUT2D eigenvalue weighted by atomic mass is 10.1. The number of likely N-dealkylation sites (N-methyl/N-ethyl adjacent to an activating group) is 1. The van der Waals surface area contributed by atoms with E-state index in [1.165, 1.54) is 15.8 Å². The summed E-state index contributed by atoms with van der Waals surface area (Å²) < 4.78 is 28.0. The standard InChI is InChI=1S/C15H19F2N5O2/c1-3-22(4-5-23)20-15(24)18-14-9-13(19-21(14)2)10-6-11(16)8-12(17)7-10/h6-9,23H,3-5H2,1-2H3,(H2,18,20,24). The Morgan fingerprint density at radius 1 is 1.29 bits per heavy atom. The summed E-state index contributed by atoms with van der Waals surface area (Å²) in [7, 11) is 1.60. The van der Waals surface area contributed by atoms with Crippen molar-refractivity contribution in [3.63, 3.8) is 0 Å². The predicted molar refractivity (Wildman–Crippen MR) is 85.0 cm³/mol. The maximum atomic E-state index is 13.3. The Balaban J connectivity index is 2.12. The van der Waals surface area contributed by atoms with Crippen molar-refractivity contribution in [2.24, 2.45) is 7.05 Å². The third-order valence-electron chi connectivity index (χ3n) is 3.29. The van der Waals surface area contributed by atoms with Gasteiger partial charge in [-0.2, -0.15) is 5.10 Å². The number of amides is 2. The quantitative estimate of drug-likeness (QED) is 0.700. The molecule has 9 heteroatoms. The monoisotopic (exact) mass is 339 g/mol. The molecule has 0 aliphatic rings. The Labute approximate surface area is 137 Å². The van der Waals surface area contributed by atoms with Crippen LogP contribution in [0.1, 0.15) is 6.92 Å². The molecule has 0 bridgehead atoms. The van der Waals surface area contributed by atoms with Gasteiger partial charge < -0.3 is 5.11 Å². The number of halogens is 2. The molecule has 0 spiro atoms. The molecular formula is C15H19F2N5O2. The maximum absolute atomic E-state index is 13.3. The average molecular weight is 339 g/mol. The van der Waals surface area contributed by atoms with Gasteiger partial charge in [-0.05, 0) is 12.1 Å². The molecule has 0 atom stereocenters. The molecule has 0 unspecified atom stereocenters. The van der Waals surface area contributed by atoms with Crippen molar-refractivity contribution in [1.82, 2.24) is 20.2 Å². The average Bonchev–Trinajstić information content (AvgIpc) is 2.87. The molecule has 24 heavy (non-hydrogen) atoms. The van der Waals surface area contributed by atoms with Crippen LogP contribution in [0.4, 0.5) is 19.4 Å². The van der Waals surface area contributed by atoms with Gasteiger partial charge in [0.1, 0.15) is 17.5 Å². The largest absolute Gasteiger partial charge is 0.395 e. The minimum Gasteiger partial charge on any atom is -0.395 e. The summed E-state index contributed by atoms with van der Waals surface area (Å²) in [4.78, 5) is 12.0. The molecule has 2 rings (SSSR count). The van der Waals surface area contributed by atoms with Crippen LogP contribution in [0.25, 0.3) is 11.3 Å². The molecular weight excluding hydrogens is 320 g/mol. The number of urea groups is 1. The topological polar surface area (TPSA) is 82.4 Å². The Kier molecular flexibility index (Phi) is 5.83. The van der Waals surface area contributed by atoms with Crippen LogP contribution in [0.2, 0.25) is 0 Å². The van der Waals surface area contributed by atoms with Gasteiger partial charge in [-0.15, -0.1) is 0 Å². The molecule has 0 saturated heterocycles. The van der Waals surface area contributed by atoms with Gasteiger partial charge in [0, 0.05) is 37.8 Å². The van der Waals surface area contributed by atoms with E-state index in [9.17, 15) is 13.6 Å². The first-order valence-electron chi connectivity index (χ1n) is 7.37. The smallest absolute Gasteiger partial charge is 0.334 e. The number of aryl methyl sites for hydroxylation is 1. The number of anilines is 1. The Morgan fingerprint density at radius 3 is 2.54 bits per heavy atom. The predicted octanol–water partition coefficient (Wildman–Crippen LogP) is 1.72. The third-order valence-corrected chi connectivity index (χ3v) is 3.29. The fourth-order valence-electron chi connectivity index (χ4n) is 2.13. The molecule has 0 radical (unpaired) electrons. The molecule has 2 amide bonds. The van der Waals surface area contributed by atoms with Crippen LogP contribution in [-0.2, 0) is 7.05 Å². The Morgan fingerprint density at radius 2 is 1.96 bits per heavy atom. The highest BCUT2D eigenvalue weighted by molar-refractivity contribution is 5.88. The number of carbonyl (C=O) groups is 1. The van der Waals surface area contributed by atoms with Crippen LogP contribution in [-0.4, -0.2) is 45.6 Å². The summed E-state index contributed by atoms with van der Waals surface area (Å²) in [6, 6.07) is 4.10. The molecule has 1 aromatic heterocycles. The fraction of sp³-hybridized carbons (Fsp3) is 0.333. The van der Waals surface area contributed by atoms with Crippen molar-refractivity contribution in [3.05, 3.63) is 35.9 Å². The normalized spacial score (nSPS) is 10.9. The van der Waals surface area contributed by atoms with E-state index in [-0.39, 0.29) is 12.2 Å². The first-order valence-corrected chi connectivity index (χ1v) is 7.37. The second-order valence-corrected chi connectivity index (χ2v) is 5.07. The molecule has 1 aromatic carbocycles. The zero-order chi connectivity index (χ0) is 17.7. The first kappa shape index (κ1) is 17.8. The van der Waals surface area contributed by atoms with E-state index in [2.05, 4.69) is 15.8 Å². The van der Waals surface area contributed by atoms with Crippen LogP contribution in [0.15, 0.2) is 24.3 Å². The highest BCUT2D eigenvalue weighted by Gasteiger charge is 2.13. The zero-order valence-corrected chi connectivity index (χ0v) is 13.4. The summed E-state index contributed by atoms with van der Waals surface area (Å²) in [5, 5.41) is 17.2. The SMILES string of the molecule is CCN(CCO)NC(=O)Nc1cc(-c2cc(F)cc(F)c2)nn1C. The van der Waals surface area contributed by atoms with Crippen molar-refractivity contribution in [2.75, 3.05) is 25.0 Å². The van der Waals surface area contributed by atoms with Crippen molar-refractivity contribution < 1.29 is 18.7 Å². The molecule has 0 aliphatic carbocycles. The molecule has 7 nitrogen and oxygen atoms in total. The molecule has 0 fully saturated rings. The van der Waals surface area contributed by atoms with Gasteiger partial charge in [0.2, 0.25) is 0 Å². The van der Waals surface area contributed by atoms with E-state index in [0.29, 0.717) is 24.6 Å². The number of aromatic nitrogens is 2. The van der Waals surface area contributed by atoms with Crippen LogP contribution in [0, 0.1) is 11.6 Å². The molecule has 3 N–H and O–H groups in total. The molecule has 1 heterocycles. The van der Waals surface area contributed by atoms with Gasteiger partial charge in [0.15, 0.2) is 0 Å². The number of nitrogens with zero attached hydrogens (tertiary/aromatic N) is 3. The summed E-state index contributed by atoms with van der Waals surface area (Å²) in [5.74, 6) is -1.05.